The van der Waals surface area contributed by atoms with Gasteiger partial charge in [-0.1, -0.05) is 23.8 Å². The number of benzene rings is 1. The molecule has 1 unspecified atom stereocenters. The zero-order chi connectivity index (χ0) is 13.1. The zero-order valence-corrected chi connectivity index (χ0v) is 11.6. The van der Waals surface area contributed by atoms with Gasteiger partial charge in [-0.2, -0.15) is 0 Å². The van der Waals surface area contributed by atoms with Crippen LogP contribution in [0.1, 0.15) is 49.5 Å². The third-order valence-electron chi connectivity index (χ3n) is 3.36. The molecule has 0 saturated carbocycles. The second-order valence-electron chi connectivity index (χ2n) is 5.38. The van der Waals surface area contributed by atoms with Crippen LogP contribution >= 0.6 is 0 Å². The molecule has 0 heterocycles. The summed E-state index contributed by atoms with van der Waals surface area (Å²) in [5.74, 6) is 0. The predicted molar refractivity (Wildman–Crippen MR) is 71.2 cm³/mol. The number of aryl methyl sites for hydroxylation is 2. The van der Waals surface area contributed by atoms with E-state index in [4.69, 9.17) is 4.74 Å². The van der Waals surface area contributed by atoms with Gasteiger partial charge in [-0.3, -0.25) is 0 Å². The van der Waals surface area contributed by atoms with E-state index in [1.807, 2.05) is 32.9 Å². The second kappa shape index (κ2) is 5.65. The predicted octanol–water partition coefficient (Wildman–Crippen LogP) is 3.54. The van der Waals surface area contributed by atoms with Crippen molar-refractivity contribution in [1.82, 2.24) is 0 Å². The van der Waals surface area contributed by atoms with Crippen molar-refractivity contribution in [3.05, 3.63) is 34.9 Å². The van der Waals surface area contributed by atoms with Gasteiger partial charge in [-0.05, 0) is 51.7 Å². The van der Waals surface area contributed by atoms with E-state index in [-0.39, 0.29) is 5.60 Å². The van der Waals surface area contributed by atoms with Crippen molar-refractivity contribution in [2.24, 2.45) is 0 Å². The van der Waals surface area contributed by atoms with Crippen LogP contribution in [0.4, 0.5) is 0 Å². The molecule has 0 bridgehead atoms. The fraction of sp³-hybridized carbons (Fsp3) is 0.600. The number of hydrogen-bond acceptors (Lipinski definition) is 2. The quantitative estimate of drug-likeness (QED) is 0.847. The fourth-order valence-corrected chi connectivity index (χ4v) is 1.94. The molecule has 2 nitrogen and oxygen atoms in total. The Morgan fingerprint density at radius 3 is 2.47 bits per heavy atom. The van der Waals surface area contributed by atoms with E-state index < -0.39 is 6.10 Å². The van der Waals surface area contributed by atoms with Gasteiger partial charge in [-0.25, -0.2) is 0 Å². The first kappa shape index (κ1) is 14.2. The summed E-state index contributed by atoms with van der Waals surface area (Å²) in [6.45, 7) is 8.20. The molecule has 0 spiro atoms. The Kier molecular flexibility index (Phi) is 4.72. The van der Waals surface area contributed by atoms with E-state index in [9.17, 15) is 5.11 Å². The molecule has 0 saturated heterocycles. The minimum Gasteiger partial charge on any atom is -0.388 e. The highest BCUT2D eigenvalue weighted by molar-refractivity contribution is 5.31. The highest BCUT2D eigenvalue weighted by atomic mass is 16.5. The Hall–Kier alpha value is -0.860. The normalized spacial score (nSPS) is 13.8. The minimum atomic E-state index is -0.398. The van der Waals surface area contributed by atoms with Gasteiger partial charge in [0.1, 0.15) is 0 Å². The van der Waals surface area contributed by atoms with Crippen LogP contribution < -0.4 is 0 Å². The lowest BCUT2D eigenvalue weighted by Crippen LogP contribution is -2.23. The van der Waals surface area contributed by atoms with Crippen LogP contribution in [0, 0.1) is 13.8 Å². The van der Waals surface area contributed by atoms with Gasteiger partial charge >= 0.3 is 0 Å². The molecule has 0 aliphatic heterocycles. The molecule has 1 aromatic rings. The Balaban J connectivity index is 2.67. The van der Waals surface area contributed by atoms with Crippen molar-refractivity contribution in [1.29, 1.82) is 0 Å². The van der Waals surface area contributed by atoms with Gasteiger partial charge in [0.2, 0.25) is 0 Å². The molecule has 1 rings (SSSR count). The number of aliphatic hydroxyl groups excluding tert-OH is 1. The molecule has 96 valence electrons. The topological polar surface area (TPSA) is 29.5 Å². The monoisotopic (exact) mass is 236 g/mol. The molecule has 2 heteroatoms. The molecule has 17 heavy (non-hydrogen) atoms. The van der Waals surface area contributed by atoms with Crippen LogP contribution in [0.25, 0.3) is 0 Å². The highest BCUT2D eigenvalue weighted by Crippen LogP contribution is 2.26. The van der Waals surface area contributed by atoms with Crippen molar-refractivity contribution in [2.75, 3.05) is 7.11 Å². The first-order chi connectivity index (χ1) is 7.85. The van der Waals surface area contributed by atoms with Crippen molar-refractivity contribution in [3.63, 3.8) is 0 Å². The third kappa shape index (κ3) is 4.14. The summed E-state index contributed by atoms with van der Waals surface area (Å²) < 4.78 is 5.36. The molecule has 0 aliphatic rings. The molecule has 0 aromatic heterocycles. The Morgan fingerprint density at radius 2 is 1.94 bits per heavy atom. The largest absolute Gasteiger partial charge is 0.388 e. The van der Waals surface area contributed by atoms with Crippen molar-refractivity contribution in [3.8, 4) is 0 Å². The smallest absolute Gasteiger partial charge is 0.0793 e. The Labute approximate surface area is 105 Å². The van der Waals surface area contributed by atoms with Gasteiger partial charge < -0.3 is 9.84 Å². The maximum absolute atomic E-state index is 10.2. The van der Waals surface area contributed by atoms with E-state index >= 15 is 0 Å². The number of aliphatic hydroxyl groups is 1. The van der Waals surface area contributed by atoms with E-state index in [1.54, 1.807) is 7.11 Å². The standard InChI is InChI=1S/C15H24O2/c1-11-6-7-13(12(2)10-11)14(16)8-9-15(3,4)17-5/h6-7,10,14,16H,8-9H2,1-5H3. The number of rotatable bonds is 5. The minimum absolute atomic E-state index is 0.167. The van der Waals surface area contributed by atoms with Crippen LogP contribution in [-0.2, 0) is 4.74 Å². The van der Waals surface area contributed by atoms with Crippen LogP contribution in [0.2, 0.25) is 0 Å². The van der Waals surface area contributed by atoms with Crippen LogP contribution in [0.3, 0.4) is 0 Å². The summed E-state index contributed by atoms with van der Waals surface area (Å²) in [5, 5.41) is 10.2. The second-order valence-corrected chi connectivity index (χ2v) is 5.38. The fourth-order valence-electron chi connectivity index (χ4n) is 1.94. The summed E-state index contributed by atoms with van der Waals surface area (Å²) in [6, 6.07) is 6.18. The van der Waals surface area contributed by atoms with Crippen molar-refractivity contribution < 1.29 is 9.84 Å². The molecule has 0 radical (unpaired) electrons. The van der Waals surface area contributed by atoms with Crippen LogP contribution in [0.15, 0.2) is 18.2 Å². The summed E-state index contributed by atoms with van der Waals surface area (Å²) in [7, 11) is 1.71. The van der Waals surface area contributed by atoms with E-state index in [0.717, 1.165) is 24.0 Å². The van der Waals surface area contributed by atoms with E-state index in [2.05, 4.69) is 13.0 Å². The zero-order valence-electron chi connectivity index (χ0n) is 11.6. The van der Waals surface area contributed by atoms with Crippen LogP contribution in [-0.4, -0.2) is 17.8 Å². The maximum atomic E-state index is 10.2. The van der Waals surface area contributed by atoms with Crippen molar-refractivity contribution in [2.45, 2.75) is 52.2 Å². The van der Waals surface area contributed by atoms with Gasteiger partial charge in [0.25, 0.3) is 0 Å². The number of methoxy groups -OCH3 is 1. The summed E-state index contributed by atoms with van der Waals surface area (Å²) in [5.41, 5.74) is 3.26. The maximum Gasteiger partial charge on any atom is 0.0793 e. The van der Waals surface area contributed by atoms with Gasteiger partial charge in [0, 0.05) is 7.11 Å². The molecule has 0 aliphatic carbocycles. The summed E-state index contributed by atoms with van der Waals surface area (Å²) >= 11 is 0. The SMILES string of the molecule is COC(C)(C)CCC(O)c1ccc(C)cc1C. The molecule has 0 amide bonds. The van der Waals surface area contributed by atoms with Gasteiger partial charge in [0.15, 0.2) is 0 Å². The van der Waals surface area contributed by atoms with Crippen LogP contribution in [0.5, 0.6) is 0 Å². The average molecular weight is 236 g/mol. The molecular weight excluding hydrogens is 212 g/mol. The first-order valence-corrected chi connectivity index (χ1v) is 6.16. The third-order valence-corrected chi connectivity index (χ3v) is 3.36. The summed E-state index contributed by atoms with van der Waals surface area (Å²) in [4.78, 5) is 0. The molecule has 1 atom stereocenters. The average Bonchev–Trinajstić information content (AvgIpc) is 2.26. The number of hydrogen-bond donors (Lipinski definition) is 1. The van der Waals surface area contributed by atoms with E-state index in [0.29, 0.717) is 0 Å². The summed E-state index contributed by atoms with van der Waals surface area (Å²) in [6.07, 6.45) is 1.17. The van der Waals surface area contributed by atoms with E-state index in [1.165, 1.54) is 5.56 Å². The number of ether oxygens (including phenoxy) is 1. The molecule has 1 aromatic carbocycles. The Bertz CT molecular complexity index is 369. The molecule has 0 fully saturated rings. The van der Waals surface area contributed by atoms with Gasteiger partial charge in [0.05, 0.1) is 11.7 Å². The first-order valence-electron chi connectivity index (χ1n) is 6.16. The molecule has 1 N–H and O–H groups in total. The molecular formula is C15H24O2. The lowest BCUT2D eigenvalue weighted by molar-refractivity contribution is 0.00273. The van der Waals surface area contributed by atoms with Gasteiger partial charge in [-0.15, -0.1) is 0 Å². The Morgan fingerprint density at radius 1 is 1.29 bits per heavy atom. The highest BCUT2D eigenvalue weighted by Gasteiger charge is 2.19. The lowest BCUT2D eigenvalue weighted by atomic mass is 9.94. The lowest BCUT2D eigenvalue weighted by Gasteiger charge is -2.24. The van der Waals surface area contributed by atoms with Crippen molar-refractivity contribution >= 4 is 0 Å².